The van der Waals surface area contributed by atoms with Crippen LogP contribution in [0.5, 0.6) is 0 Å². The van der Waals surface area contributed by atoms with Gasteiger partial charge in [0, 0.05) is 0 Å². The van der Waals surface area contributed by atoms with E-state index in [0.717, 1.165) is 0 Å². The summed E-state index contributed by atoms with van der Waals surface area (Å²) < 4.78 is 0. The molecule has 0 atom stereocenters. The van der Waals surface area contributed by atoms with Gasteiger partial charge in [-0.05, 0) is 0 Å². The molecule has 1 aromatic heterocycles. The van der Waals surface area contributed by atoms with E-state index in [1.165, 1.54) is 6.33 Å². The van der Waals surface area contributed by atoms with Crippen LogP contribution < -0.4 is 11.4 Å². The predicted molar refractivity (Wildman–Crippen MR) is 30.5 cm³/mol. The number of nitrogens with zero attached hydrogens (tertiary/aromatic N) is 2. The molecular weight excluding hydrogens is 120 g/mol. The van der Waals surface area contributed by atoms with Crippen molar-refractivity contribution < 1.29 is 0 Å². The second-order valence-corrected chi connectivity index (χ2v) is 1.45. The van der Waals surface area contributed by atoms with Gasteiger partial charge in [0.15, 0.2) is 0 Å². The van der Waals surface area contributed by atoms with Gasteiger partial charge in [0.1, 0.15) is 12.2 Å². The summed E-state index contributed by atoms with van der Waals surface area (Å²) in [6, 6.07) is 0. The highest BCUT2D eigenvalue weighted by molar-refractivity contribution is 4.78. The summed E-state index contributed by atoms with van der Waals surface area (Å²) in [6.07, 6.45) is 1.18. The van der Waals surface area contributed by atoms with E-state index >= 15 is 0 Å². The minimum Gasteiger partial charge on any atom is -0.324 e. The molecule has 1 rings (SSSR count). The monoisotopic (exact) mass is 126 g/mol. The smallest absolute Gasteiger partial charge is 0.324 e. The minimum atomic E-state index is -0.412. The summed E-state index contributed by atoms with van der Waals surface area (Å²) in [5.41, 5.74) is 4.75. The van der Waals surface area contributed by atoms with Crippen molar-refractivity contribution in [1.82, 2.24) is 15.0 Å². The maximum Gasteiger partial charge on any atom is 0.347 e. The number of hydrogen-bond acceptors (Lipinski definition) is 4. The first-order valence-corrected chi connectivity index (χ1v) is 2.43. The van der Waals surface area contributed by atoms with Crippen molar-refractivity contribution in [3.8, 4) is 0 Å². The average Bonchev–Trinajstić information content (AvgIpc) is 1.88. The first-order valence-electron chi connectivity index (χ1n) is 2.43. The summed E-state index contributed by atoms with van der Waals surface area (Å²) >= 11 is 0. The van der Waals surface area contributed by atoms with Gasteiger partial charge >= 0.3 is 5.69 Å². The van der Waals surface area contributed by atoms with E-state index in [9.17, 15) is 4.79 Å². The van der Waals surface area contributed by atoms with E-state index in [2.05, 4.69) is 15.0 Å². The molecule has 48 valence electrons. The van der Waals surface area contributed by atoms with Gasteiger partial charge in [-0.15, -0.1) is 0 Å². The van der Waals surface area contributed by atoms with Crippen LogP contribution in [-0.4, -0.2) is 15.0 Å². The lowest BCUT2D eigenvalue weighted by molar-refractivity contribution is 0.847. The van der Waals surface area contributed by atoms with Crippen LogP contribution in [0.15, 0.2) is 11.1 Å². The third kappa shape index (κ3) is 1.33. The molecule has 0 saturated heterocycles. The lowest BCUT2D eigenvalue weighted by Crippen LogP contribution is -2.15. The number of rotatable bonds is 1. The Balaban J connectivity index is 3.08. The molecular formula is C4H6N4O. The Morgan fingerprint density at radius 2 is 2.44 bits per heavy atom. The Kier molecular flexibility index (Phi) is 1.55. The molecule has 5 heteroatoms. The van der Waals surface area contributed by atoms with Crippen LogP contribution in [0.2, 0.25) is 0 Å². The standard InChI is InChI=1S/C4H6N4O/c5-1-3-6-2-7-4(9)8-3/h2H,1,5H2,(H,6,7,8,9). The Morgan fingerprint density at radius 3 is 2.89 bits per heavy atom. The van der Waals surface area contributed by atoms with Crippen LogP contribution in [0.3, 0.4) is 0 Å². The van der Waals surface area contributed by atoms with Gasteiger partial charge in [0.2, 0.25) is 0 Å². The highest BCUT2D eigenvalue weighted by Crippen LogP contribution is 1.74. The van der Waals surface area contributed by atoms with E-state index in [1.807, 2.05) is 0 Å². The largest absolute Gasteiger partial charge is 0.347 e. The number of aromatic amines is 1. The van der Waals surface area contributed by atoms with Gasteiger partial charge in [-0.3, -0.25) is 4.98 Å². The van der Waals surface area contributed by atoms with E-state index in [-0.39, 0.29) is 6.54 Å². The Bertz CT molecular complexity index is 242. The molecule has 0 saturated carbocycles. The first-order chi connectivity index (χ1) is 4.33. The molecule has 0 bridgehead atoms. The van der Waals surface area contributed by atoms with Gasteiger partial charge in [-0.2, -0.15) is 4.98 Å². The van der Waals surface area contributed by atoms with Gasteiger partial charge in [-0.25, -0.2) is 9.78 Å². The predicted octanol–water partition coefficient (Wildman–Crippen LogP) is -1.38. The van der Waals surface area contributed by atoms with Gasteiger partial charge in [0.05, 0.1) is 6.54 Å². The van der Waals surface area contributed by atoms with E-state index in [4.69, 9.17) is 5.73 Å². The molecule has 0 unspecified atom stereocenters. The number of H-pyrrole nitrogens is 1. The van der Waals surface area contributed by atoms with Crippen molar-refractivity contribution in [1.29, 1.82) is 0 Å². The van der Waals surface area contributed by atoms with Crippen molar-refractivity contribution in [3.05, 3.63) is 22.6 Å². The number of nitrogens with two attached hydrogens (primary N) is 1. The molecule has 0 fully saturated rings. The van der Waals surface area contributed by atoms with Gasteiger partial charge in [0.25, 0.3) is 0 Å². The van der Waals surface area contributed by atoms with Crippen molar-refractivity contribution in [2.45, 2.75) is 6.54 Å². The Hall–Kier alpha value is -1.23. The molecule has 5 nitrogen and oxygen atoms in total. The summed E-state index contributed by atoms with van der Waals surface area (Å²) in [5.74, 6) is 0.454. The highest BCUT2D eigenvalue weighted by Gasteiger charge is 1.87. The molecule has 1 heterocycles. The normalized spacial score (nSPS) is 9.44. The zero-order valence-electron chi connectivity index (χ0n) is 4.66. The fourth-order valence-corrected chi connectivity index (χ4v) is 0.443. The molecule has 3 N–H and O–H groups in total. The van der Waals surface area contributed by atoms with Gasteiger partial charge in [-0.1, -0.05) is 0 Å². The van der Waals surface area contributed by atoms with Crippen LogP contribution in [0.4, 0.5) is 0 Å². The highest BCUT2D eigenvalue weighted by atomic mass is 16.1. The quantitative estimate of drug-likeness (QED) is 0.486. The molecule has 0 amide bonds. The zero-order chi connectivity index (χ0) is 6.69. The van der Waals surface area contributed by atoms with E-state index in [0.29, 0.717) is 5.82 Å². The summed E-state index contributed by atoms with van der Waals surface area (Å²) in [7, 11) is 0. The van der Waals surface area contributed by atoms with Crippen molar-refractivity contribution in [2.75, 3.05) is 0 Å². The summed E-state index contributed by atoms with van der Waals surface area (Å²) in [5, 5.41) is 0. The van der Waals surface area contributed by atoms with E-state index < -0.39 is 5.69 Å². The fraction of sp³-hybridized carbons (Fsp3) is 0.250. The van der Waals surface area contributed by atoms with Crippen LogP contribution in [-0.2, 0) is 6.54 Å². The molecule has 0 aromatic carbocycles. The van der Waals surface area contributed by atoms with Crippen LogP contribution in [0, 0.1) is 0 Å². The Morgan fingerprint density at radius 1 is 1.67 bits per heavy atom. The molecule has 0 radical (unpaired) electrons. The lowest BCUT2D eigenvalue weighted by Gasteiger charge is -1.89. The maximum absolute atomic E-state index is 10.4. The van der Waals surface area contributed by atoms with Gasteiger partial charge < -0.3 is 5.73 Å². The zero-order valence-corrected chi connectivity index (χ0v) is 4.66. The number of hydrogen-bond donors (Lipinski definition) is 2. The van der Waals surface area contributed by atoms with Crippen molar-refractivity contribution >= 4 is 0 Å². The number of nitrogens with one attached hydrogen (secondary N) is 1. The van der Waals surface area contributed by atoms with Crippen LogP contribution >= 0.6 is 0 Å². The van der Waals surface area contributed by atoms with Crippen LogP contribution in [0.1, 0.15) is 5.82 Å². The van der Waals surface area contributed by atoms with Crippen molar-refractivity contribution in [3.63, 3.8) is 0 Å². The maximum atomic E-state index is 10.4. The summed E-state index contributed by atoms with van der Waals surface area (Å²) in [6.45, 7) is 0.234. The number of aromatic nitrogens is 3. The lowest BCUT2D eigenvalue weighted by atomic mass is 10.6. The SMILES string of the molecule is NCc1ncnc(=O)[nH]1. The van der Waals surface area contributed by atoms with Crippen molar-refractivity contribution in [2.24, 2.45) is 5.73 Å². The molecule has 1 aromatic rings. The second-order valence-electron chi connectivity index (χ2n) is 1.45. The molecule has 0 spiro atoms. The van der Waals surface area contributed by atoms with Crippen LogP contribution in [0.25, 0.3) is 0 Å². The average molecular weight is 126 g/mol. The topological polar surface area (TPSA) is 84.7 Å². The first kappa shape index (κ1) is 5.90. The minimum absolute atomic E-state index is 0.234. The summed E-state index contributed by atoms with van der Waals surface area (Å²) in [4.78, 5) is 19.7. The third-order valence-corrected chi connectivity index (χ3v) is 0.833. The third-order valence-electron chi connectivity index (χ3n) is 0.833. The van der Waals surface area contributed by atoms with E-state index in [1.54, 1.807) is 0 Å². The molecule has 9 heavy (non-hydrogen) atoms. The molecule has 0 aliphatic carbocycles. The molecule has 0 aliphatic rings. The Labute approximate surface area is 51.0 Å². The molecule has 0 aliphatic heterocycles. The fourth-order valence-electron chi connectivity index (χ4n) is 0.443. The second kappa shape index (κ2) is 2.36.